The summed E-state index contributed by atoms with van der Waals surface area (Å²) in [6.07, 6.45) is 4.12. The van der Waals surface area contributed by atoms with E-state index < -0.39 is 0 Å². The van der Waals surface area contributed by atoms with E-state index in [9.17, 15) is 0 Å². The van der Waals surface area contributed by atoms with E-state index in [0.29, 0.717) is 0 Å². The second kappa shape index (κ2) is 4.80. The molecule has 1 fully saturated rings. The van der Waals surface area contributed by atoms with Crippen molar-refractivity contribution >= 4 is 0 Å². The minimum absolute atomic E-state index is 0.0246. The quantitative estimate of drug-likeness (QED) is 0.643. The molecule has 1 saturated heterocycles. The number of nitrogens with two attached hydrogens (primary N) is 1. The van der Waals surface area contributed by atoms with Crippen molar-refractivity contribution in [1.82, 2.24) is 0 Å². The van der Waals surface area contributed by atoms with Gasteiger partial charge in [0.05, 0.1) is 0 Å². The molecule has 0 spiro atoms. The van der Waals surface area contributed by atoms with Crippen LogP contribution in [0.5, 0.6) is 0 Å². The van der Waals surface area contributed by atoms with Crippen molar-refractivity contribution in [1.29, 1.82) is 0 Å². The zero-order valence-electron chi connectivity index (χ0n) is 7.84. The first-order valence-corrected chi connectivity index (χ1v) is 4.62. The van der Waals surface area contributed by atoms with Gasteiger partial charge in [0.1, 0.15) is 0 Å². The van der Waals surface area contributed by atoms with Crippen molar-refractivity contribution in [3.05, 3.63) is 0 Å². The molecule has 0 radical (unpaired) electrons. The monoisotopic (exact) mass is 173 g/mol. The van der Waals surface area contributed by atoms with E-state index in [1.807, 2.05) is 0 Å². The molecule has 0 amide bonds. The van der Waals surface area contributed by atoms with Crippen molar-refractivity contribution in [2.45, 2.75) is 31.2 Å². The Morgan fingerprint density at radius 3 is 2.67 bits per heavy atom. The maximum absolute atomic E-state index is 6.16. The van der Waals surface area contributed by atoms with Gasteiger partial charge in [0, 0.05) is 32.5 Å². The van der Waals surface area contributed by atoms with E-state index in [-0.39, 0.29) is 5.54 Å². The van der Waals surface area contributed by atoms with Gasteiger partial charge in [-0.2, -0.15) is 0 Å². The predicted molar refractivity (Wildman–Crippen MR) is 48.1 cm³/mol. The molecule has 3 heteroatoms. The lowest BCUT2D eigenvalue weighted by Gasteiger charge is -2.33. The highest BCUT2D eigenvalue weighted by Crippen LogP contribution is 2.22. The molecule has 0 aromatic carbocycles. The normalized spacial score (nSPS) is 22.5. The number of ether oxygens (including phenoxy) is 2. The van der Waals surface area contributed by atoms with Gasteiger partial charge in [0.25, 0.3) is 0 Å². The molecule has 1 heterocycles. The Morgan fingerprint density at radius 1 is 1.42 bits per heavy atom. The summed E-state index contributed by atoms with van der Waals surface area (Å²) >= 11 is 0. The number of hydrogen-bond donors (Lipinski definition) is 1. The molecule has 72 valence electrons. The lowest BCUT2D eigenvalue weighted by molar-refractivity contribution is 0.0465. The van der Waals surface area contributed by atoms with Gasteiger partial charge >= 0.3 is 0 Å². The van der Waals surface area contributed by atoms with Crippen molar-refractivity contribution in [3.8, 4) is 0 Å². The van der Waals surface area contributed by atoms with Crippen LogP contribution in [0.2, 0.25) is 0 Å². The fourth-order valence-corrected chi connectivity index (χ4v) is 1.60. The average Bonchev–Trinajstić information content (AvgIpc) is 2.06. The second-order valence-corrected chi connectivity index (χ2v) is 3.57. The van der Waals surface area contributed by atoms with Crippen LogP contribution in [0.25, 0.3) is 0 Å². The van der Waals surface area contributed by atoms with Crippen LogP contribution in [-0.2, 0) is 9.47 Å². The van der Waals surface area contributed by atoms with Crippen molar-refractivity contribution in [2.24, 2.45) is 5.73 Å². The molecule has 0 bridgehead atoms. The molecule has 1 rings (SSSR count). The lowest BCUT2D eigenvalue weighted by Crippen LogP contribution is -2.45. The Kier molecular flexibility index (Phi) is 3.98. The van der Waals surface area contributed by atoms with Crippen LogP contribution in [0.3, 0.4) is 0 Å². The second-order valence-electron chi connectivity index (χ2n) is 3.57. The third-order valence-electron chi connectivity index (χ3n) is 2.51. The fourth-order valence-electron chi connectivity index (χ4n) is 1.60. The molecule has 0 aromatic heterocycles. The molecule has 0 unspecified atom stereocenters. The van der Waals surface area contributed by atoms with Crippen LogP contribution < -0.4 is 5.73 Å². The Hall–Kier alpha value is -0.120. The van der Waals surface area contributed by atoms with Crippen molar-refractivity contribution in [2.75, 3.05) is 26.9 Å². The highest BCUT2D eigenvalue weighted by atomic mass is 16.5. The van der Waals surface area contributed by atoms with Gasteiger partial charge in [-0.25, -0.2) is 0 Å². The summed E-state index contributed by atoms with van der Waals surface area (Å²) in [4.78, 5) is 0. The van der Waals surface area contributed by atoms with E-state index in [0.717, 1.165) is 45.5 Å². The Balaban J connectivity index is 2.17. The molecule has 2 N–H and O–H groups in total. The van der Waals surface area contributed by atoms with Gasteiger partial charge in [-0.15, -0.1) is 0 Å². The molecular formula is C9H19NO2. The summed E-state index contributed by atoms with van der Waals surface area (Å²) < 4.78 is 10.3. The summed E-state index contributed by atoms with van der Waals surface area (Å²) in [6.45, 7) is 2.47. The molecule has 1 aliphatic heterocycles. The van der Waals surface area contributed by atoms with Gasteiger partial charge in [-0.3, -0.25) is 0 Å². The first-order chi connectivity index (χ1) is 5.77. The van der Waals surface area contributed by atoms with Crippen molar-refractivity contribution in [3.63, 3.8) is 0 Å². The van der Waals surface area contributed by atoms with E-state index in [1.54, 1.807) is 7.11 Å². The van der Waals surface area contributed by atoms with Gasteiger partial charge in [0.15, 0.2) is 0 Å². The van der Waals surface area contributed by atoms with E-state index >= 15 is 0 Å². The SMILES string of the molecule is COCCCC1(N)CCOCC1. The van der Waals surface area contributed by atoms with Crippen LogP contribution in [0.1, 0.15) is 25.7 Å². The van der Waals surface area contributed by atoms with Crippen LogP contribution in [0.15, 0.2) is 0 Å². The molecule has 0 saturated carbocycles. The van der Waals surface area contributed by atoms with Crippen molar-refractivity contribution < 1.29 is 9.47 Å². The smallest absolute Gasteiger partial charge is 0.0483 e. The lowest BCUT2D eigenvalue weighted by atomic mass is 9.87. The largest absolute Gasteiger partial charge is 0.385 e. The number of methoxy groups -OCH3 is 1. The standard InChI is InChI=1S/C9H19NO2/c1-11-6-2-3-9(10)4-7-12-8-5-9/h2-8,10H2,1H3. The van der Waals surface area contributed by atoms with Gasteiger partial charge in [-0.05, 0) is 25.7 Å². The highest BCUT2D eigenvalue weighted by molar-refractivity contribution is 4.85. The zero-order valence-corrected chi connectivity index (χ0v) is 7.84. The molecule has 0 atom stereocenters. The minimum atomic E-state index is 0.0246. The molecule has 12 heavy (non-hydrogen) atoms. The number of rotatable bonds is 4. The fraction of sp³-hybridized carbons (Fsp3) is 1.00. The summed E-state index contributed by atoms with van der Waals surface area (Å²) in [5.41, 5.74) is 6.19. The topological polar surface area (TPSA) is 44.5 Å². The molecule has 1 aliphatic rings. The third-order valence-corrected chi connectivity index (χ3v) is 2.51. The number of hydrogen-bond acceptors (Lipinski definition) is 3. The van der Waals surface area contributed by atoms with Crippen LogP contribution >= 0.6 is 0 Å². The average molecular weight is 173 g/mol. The van der Waals surface area contributed by atoms with Crippen LogP contribution in [0.4, 0.5) is 0 Å². The van der Waals surface area contributed by atoms with E-state index in [2.05, 4.69) is 0 Å². The first-order valence-electron chi connectivity index (χ1n) is 4.62. The maximum atomic E-state index is 6.16. The Labute approximate surface area is 74.2 Å². The Morgan fingerprint density at radius 2 is 2.08 bits per heavy atom. The van der Waals surface area contributed by atoms with Crippen LogP contribution in [0, 0.1) is 0 Å². The maximum Gasteiger partial charge on any atom is 0.0483 e. The predicted octanol–water partition coefficient (Wildman–Crippen LogP) is 0.921. The van der Waals surface area contributed by atoms with E-state index in [4.69, 9.17) is 15.2 Å². The molecule has 0 aromatic rings. The zero-order chi connectivity index (χ0) is 8.86. The third kappa shape index (κ3) is 3.09. The van der Waals surface area contributed by atoms with E-state index in [1.165, 1.54) is 0 Å². The highest BCUT2D eigenvalue weighted by Gasteiger charge is 2.26. The molecule has 3 nitrogen and oxygen atoms in total. The summed E-state index contributed by atoms with van der Waals surface area (Å²) in [6, 6.07) is 0. The minimum Gasteiger partial charge on any atom is -0.385 e. The molecular weight excluding hydrogens is 154 g/mol. The summed E-state index contributed by atoms with van der Waals surface area (Å²) in [7, 11) is 1.73. The van der Waals surface area contributed by atoms with Gasteiger partial charge < -0.3 is 15.2 Å². The molecule has 0 aliphatic carbocycles. The Bertz CT molecular complexity index is 122. The first kappa shape index (κ1) is 9.96. The summed E-state index contributed by atoms with van der Waals surface area (Å²) in [5.74, 6) is 0. The summed E-state index contributed by atoms with van der Waals surface area (Å²) in [5, 5.41) is 0. The van der Waals surface area contributed by atoms with Crippen LogP contribution in [-0.4, -0.2) is 32.5 Å². The van der Waals surface area contributed by atoms with Gasteiger partial charge in [-0.1, -0.05) is 0 Å². The van der Waals surface area contributed by atoms with Gasteiger partial charge in [0.2, 0.25) is 0 Å².